The van der Waals surface area contributed by atoms with Crippen LogP contribution in [0.15, 0.2) is 48.5 Å². The molecule has 1 unspecified atom stereocenters. The number of benzene rings is 2. The van der Waals surface area contributed by atoms with Crippen LogP contribution in [-0.2, 0) is 12.6 Å². The Morgan fingerprint density at radius 1 is 1.15 bits per heavy atom. The second kappa shape index (κ2) is 8.33. The number of aromatic carboxylic acids is 1. The summed E-state index contributed by atoms with van der Waals surface area (Å²) < 4.78 is 38.2. The van der Waals surface area contributed by atoms with E-state index >= 15 is 0 Å². The summed E-state index contributed by atoms with van der Waals surface area (Å²) in [5.41, 5.74) is 0.531. The molecule has 0 heterocycles. The first kappa shape index (κ1) is 19.9. The molecule has 0 aliphatic carbocycles. The number of rotatable bonds is 7. The van der Waals surface area contributed by atoms with Crippen LogP contribution < -0.4 is 5.32 Å². The fraction of sp³-hybridized carbons (Fsp3) is 0.316. The highest BCUT2D eigenvalue weighted by atomic mass is 19.4. The minimum absolute atomic E-state index is 0.0499. The average Bonchev–Trinajstić information content (AvgIpc) is 2.59. The molecule has 0 spiro atoms. The number of aliphatic hydroxyl groups excluding tert-OH is 1. The van der Waals surface area contributed by atoms with Crippen LogP contribution in [0.1, 0.15) is 40.1 Å². The molecule has 0 radical (unpaired) electrons. The van der Waals surface area contributed by atoms with E-state index in [0.717, 1.165) is 17.7 Å². The van der Waals surface area contributed by atoms with Crippen LogP contribution >= 0.6 is 0 Å². The monoisotopic (exact) mass is 367 g/mol. The van der Waals surface area contributed by atoms with Gasteiger partial charge in [-0.05, 0) is 48.7 Å². The van der Waals surface area contributed by atoms with E-state index in [0.29, 0.717) is 6.42 Å². The van der Waals surface area contributed by atoms with Crippen molar-refractivity contribution in [3.8, 4) is 0 Å². The molecule has 2 rings (SSSR count). The van der Waals surface area contributed by atoms with Crippen molar-refractivity contribution in [3.05, 3.63) is 70.8 Å². The van der Waals surface area contributed by atoms with Gasteiger partial charge in [-0.2, -0.15) is 13.2 Å². The maximum Gasteiger partial charge on any atom is 0.416 e. The van der Waals surface area contributed by atoms with Crippen LogP contribution in [-0.4, -0.2) is 28.8 Å². The highest BCUT2D eigenvalue weighted by Gasteiger charge is 2.30. The number of hydrogen-bond acceptors (Lipinski definition) is 3. The molecule has 140 valence electrons. The number of carboxylic acids is 1. The normalized spacial score (nSPS) is 14.0. The zero-order valence-electron chi connectivity index (χ0n) is 14.1. The van der Waals surface area contributed by atoms with Gasteiger partial charge < -0.3 is 15.5 Å². The Balaban J connectivity index is 1.90. The maximum absolute atomic E-state index is 12.7. The first-order chi connectivity index (χ1) is 12.2. The van der Waals surface area contributed by atoms with Crippen LogP contribution in [0.3, 0.4) is 0 Å². The fourth-order valence-electron chi connectivity index (χ4n) is 2.56. The first-order valence-corrected chi connectivity index (χ1v) is 8.07. The lowest BCUT2D eigenvalue weighted by atomic mass is 10.0. The number of halogens is 3. The van der Waals surface area contributed by atoms with Gasteiger partial charge in [0.2, 0.25) is 0 Å². The zero-order valence-corrected chi connectivity index (χ0v) is 14.1. The topological polar surface area (TPSA) is 69.6 Å². The smallest absolute Gasteiger partial charge is 0.416 e. The largest absolute Gasteiger partial charge is 0.478 e. The number of carbonyl (C=O) groups is 1. The second-order valence-electron chi connectivity index (χ2n) is 6.15. The van der Waals surface area contributed by atoms with Gasteiger partial charge in [0.1, 0.15) is 0 Å². The van der Waals surface area contributed by atoms with Crippen molar-refractivity contribution >= 4 is 5.97 Å². The summed E-state index contributed by atoms with van der Waals surface area (Å²) in [5.74, 6) is -0.994. The third kappa shape index (κ3) is 5.57. The highest BCUT2D eigenvalue weighted by molar-refractivity contribution is 5.87. The fourth-order valence-corrected chi connectivity index (χ4v) is 2.56. The van der Waals surface area contributed by atoms with E-state index in [9.17, 15) is 23.1 Å². The number of aliphatic hydroxyl groups is 1. The van der Waals surface area contributed by atoms with Crippen LogP contribution in [0, 0.1) is 0 Å². The molecule has 7 heteroatoms. The van der Waals surface area contributed by atoms with Gasteiger partial charge >= 0.3 is 12.1 Å². The van der Waals surface area contributed by atoms with Crippen molar-refractivity contribution in [1.29, 1.82) is 0 Å². The third-order valence-electron chi connectivity index (χ3n) is 4.00. The van der Waals surface area contributed by atoms with Crippen molar-refractivity contribution in [2.75, 3.05) is 6.54 Å². The number of hydrogen-bond donors (Lipinski definition) is 3. The minimum Gasteiger partial charge on any atom is -0.478 e. The molecular formula is C19H20F3NO3. The summed E-state index contributed by atoms with van der Waals surface area (Å²) in [5, 5.41) is 22.1. The minimum atomic E-state index is -4.45. The summed E-state index contributed by atoms with van der Waals surface area (Å²) in [4.78, 5) is 10.8. The molecule has 2 aromatic rings. The van der Waals surface area contributed by atoms with Crippen molar-refractivity contribution in [3.63, 3.8) is 0 Å². The van der Waals surface area contributed by atoms with Crippen molar-refractivity contribution in [2.45, 2.75) is 31.7 Å². The third-order valence-corrected chi connectivity index (χ3v) is 4.00. The predicted octanol–water partition coefficient (Wildman–Crippen LogP) is 3.66. The van der Waals surface area contributed by atoms with Crippen molar-refractivity contribution in [1.82, 2.24) is 5.32 Å². The average molecular weight is 367 g/mol. The molecule has 0 aromatic heterocycles. The summed E-state index contributed by atoms with van der Waals surface area (Å²) >= 11 is 0. The molecule has 0 saturated heterocycles. The van der Waals surface area contributed by atoms with Crippen LogP contribution in [0.25, 0.3) is 0 Å². The molecule has 0 fully saturated rings. The van der Waals surface area contributed by atoms with Crippen molar-refractivity contribution < 1.29 is 28.2 Å². The van der Waals surface area contributed by atoms with E-state index in [2.05, 4.69) is 5.32 Å². The van der Waals surface area contributed by atoms with E-state index in [1.807, 2.05) is 6.92 Å². The number of carboxylic acid groups (broad SMARTS) is 1. The second-order valence-corrected chi connectivity index (χ2v) is 6.15. The lowest BCUT2D eigenvalue weighted by molar-refractivity contribution is -0.137. The Morgan fingerprint density at radius 3 is 2.38 bits per heavy atom. The standard InChI is InChI=1S/C19H20F3NO3/c1-12(9-13-5-7-14(8-6-13)18(25)26)23-11-17(24)15-3-2-4-16(10-15)19(20,21)22/h2-8,10,12,17,23-24H,9,11H2,1H3,(H,25,26)/t12?,17-/m1/s1. The van der Waals surface area contributed by atoms with Gasteiger partial charge in [0.05, 0.1) is 17.2 Å². The lowest BCUT2D eigenvalue weighted by Crippen LogP contribution is -2.32. The van der Waals surface area contributed by atoms with Gasteiger partial charge in [-0.15, -0.1) is 0 Å². The van der Waals surface area contributed by atoms with Crippen LogP contribution in [0.4, 0.5) is 13.2 Å². The summed E-state index contributed by atoms with van der Waals surface area (Å²) in [6.07, 6.45) is -4.91. The molecular weight excluding hydrogens is 347 g/mol. The molecule has 2 aromatic carbocycles. The summed E-state index contributed by atoms with van der Waals surface area (Å²) in [6.45, 7) is 1.99. The number of nitrogens with one attached hydrogen (secondary N) is 1. The molecule has 26 heavy (non-hydrogen) atoms. The molecule has 3 N–H and O–H groups in total. The van der Waals surface area contributed by atoms with Gasteiger partial charge in [-0.1, -0.05) is 24.3 Å². The molecule has 0 saturated carbocycles. The van der Waals surface area contributed by atoms with Gasteiger partial charge in [-0.25, -0.2) is 4.79 Å². The van der Waals surface area contributed by atoms with Gasteiger partial charge in [0.25, 0.3) is 0 Å². The molecule has 0 aliphatic rings. The SMILES string of the molecule is CC(Cc1ccc(C(=O)O)cc1)NC[C@@H](O)c1cccc(C(F)(F)F)c1. The maximum atomic E-state index is 12.7. The predicted molar refractivity (Wildman–Crippen MR) is 91.0 cm³/mol. The van der Waals surface area contributed by atoms with Crippen molar-refractivity contribution in [2.24, 2.45) is 0 Å². The number of alkyl halides is 3. The van der Waals surface area contributed by atoms with Gasteiger partial charge in [-0.3, -0.25) is 0 Å². The van der Waals surface area contributed by atoms with E-state index in [1.165, 1.54) is 24.3 Å². The van der Waals surface area contributed by atoms with E-state index in [1.54, 1.807) is 12.1 Å². The Labute approximate surface area is 149 Å². The van der Waals surface area contributed by atoms with Crippen LogP contribution in [0.5, 0.6) is 0 Å². The first-order valence-electron chi connectivity index (χ1n) is 8.07. The lowest BCUT2D eigenvalue weighted by Gasteiger charge is -2.18. The van der Waals surface area contributed by atoms with E-state index < -0.39 is 23.8 Å². The quantitative estimate of drug-likeness (QED) is 0.699. The zero-order chi connectivity index (χ0) is 19.3. The Kier molecular flexibility index (Phi) is 6.39. The van der Waals surface area contributed by atoms with E-state index in [4.69, 9.17) is 5.11 Å². The Bertz CT molecular complexity index is 744. The summed E-state index contributed by atoms with van der Waals surface area (Å²) in [6, 6.07) is 11.0. The summed E-state index contributed by atoms with van der Waals surface area (Å²) in [7, 11) is 0. The van der Waals surface area contributed by atoms with Crippen LogP contribution in [0.2, 0.25) is 0 Å². The molecule has 0 bridgehead atoms. The molecule has 2 atom stereocenters. The van der Waals surface area contributed by atoms with Gasteiger partial charge in [0, 0.05) is 12.6 Å². The Hall–Kier alpha value is -2.38. The molecule has 0 aliphatic heterocycles. The Morgan fingerprint density at radius 2 is 1.81 bits per heavy atom. The highest BCUT2D eigenvalue weighted by Crippen LogP contribution is 2.30. The van der Waals surface area contributed by atoms with Gasteiger partial charge in [0.15, 0.2) is 0 Å². The molecule has 0 amide bonds. The van der Waals surface area contributed by atoms with E-state index in [-0.39, 0.29) is 23.7 Å². The molecule has 4 nitrogen and oxygen atoms in total.